The Morgan fingerprint density at radius 2 is 1.70 bits per heavy atom. The van der Waals surface area contributed by atoms with Crippen LogP contribution in [0, 0.1) is 13.8 Å². The fourth-order valence-corrected chi connectivity index (χ4v) is 3.68. The topological polar surface area (TPSA) is 70.7 Å². The first-order valence-corrected chi connectivity index (χ1v) is 9.62. The third kappa shape index (κ3) is 3.66. The molecule has 0 spiro atoms. The second-order valence-corrected chi connectivity index (χ2v) is 7.73. The Morgan fingerprint density at radius 3 is 2.33 bits per heavy atom. The molecule has 1 fully saturated rings. The summed E-state index contributed by atoms with van der Waals surface area (Å²) in [5.74, 6) is 0.375. The normalized spacial score (nSPS) is 14.0. The van der Waals surface area contributed by atoms with E-state index in [0.717, 1.165) is 18.4 Å². The molecule has 1 aromatic heterocycles. The van der Waals surface area contributed by atoms with Gasteiger partial charge in [0.15, 0.2) is 5.43 Å². The van der Waals surface area contributed by atoms with Gasteiger partial charge in [0, 0.05) is 16.7 Å². The maximum absolute atomic E-state index is 12.9. The van der Waals surface area contributed by atoms with Crippen molar-refractivity contribution < 1.29 is 14.6 Å². The minimum Gasteiger partial charge on any atom is -0.507 e. The predicted molar refractivity (Wildman–Crippen MR) is 109 cm³/mol. The van der Waals surface area contributed by atoms with E-state index in [-0.39, 0.29) is 27.9 Å². The summed E-state index contributed by atoms with van der Waals surface area (Å²) >= 11 is 0. The summed E-state index contributed by atoms with van der Waals surface area (Å²) in [6.45, 7) is 7.39. The molecule has 0 amide bonds. The van der Waals surface area contributed by atoms with Gasteiger partial charge in [0.05, 0.1) is 0 Å². The van der Waals surface area contributed by atoms with Crippen LogP contribution in [-0.4, -0.2) is 10.2 Å². The summed E-state index contributed by atoms with van der Waals surface area (Å²) in [6.07, 6.45) is 9.45. The summed E-state index contributed by atoms with van der Waals surface area (Å²) in [4.78, 5) is 12.9. The van der Waals surface area contributed by atoms with Crippen molar-refractivity contribution in [2.24, 2.45) is 0 Å². The molecule has 1 aliphatic carbocycles. The zero-order valence-corrected chi connectivity index (χ0v) is 16.6. The molecule has 0 bridgehead atoms. The standard InChI is InChI=1S/C23H28O4/c1-13(2)9-11-18-21(25)17(12-10-16-7-5-6-8-16)22(26)19-20(24)14(3)15(4)27-23(18)19/h9-10,25-26H,5-8,11-12H2,1-4H3. The average Bonchev–Trinajstić information content (AvgIpc) is 3.12. The molecule has 2 N–H and O–H groups in total. The van der Waals surface area contributed by atoms with Gasteiger partial charge in [-0.25, -0.2) is 0 Å². The van der Waals surface area contributed by atoms with Crippen LogP contribution in [0.2, 0.25) is 0 Å². The summed E-state index contributed by atoms with van der Waals surface area (Å²) < 4.78 is 5.87. The summed E-state index contributed by atoms with van der Waals surface area (Å²) in [6, 6.07) is 0. The number of aromatic hydroxyl groups is 2. The van der Waals surface area contributed by atoms with E-state index in [4.69, 9.17) is 4.42 Å². The van der Waals surface area contributed by atoms with Crippen molar-refractivity contribution in [3.63, 3.8) is 0 Å². The number of aryl methyl sites for hydroxylation is 1. The first kappa shape index (κ1) is 19.3. The van der Waals surface area contributed by atoms with E-state index in [2.05, 4.69) is 6.08 Å². The quantitative estimate of drug-likeness (QED) is 0.712. The molecule has 0 unspecified atom stereocenters. The van der Waals surface area contributed by atoms with Gasteiger partial charge in [-0.3, -0.25) is 4.79 Å². The highest BCUT2D eigenvalue weighted by Gasteiger charge is 2.23. The smallest absolute Gasteiger partial charge is 0.199 e. The molecule has 1 aliphatic rings. The number of rotatable bonds is 4. The van der Waals surface area contributed by atoms with Gasteiger partial charge in [-0.2, -0.15) is 0 Å². The van der Waals surface area contributed by atoms with Crippen LogP contribution in [0.4, 0.5) is 0 Å². The number of fused-ring (bicyclic) bond motifs is 1. The Balaban J connectivity index is 2.27. The molecular formula is C23H28O4. The van der Waals surface area contributed by atoms with Gasteiger partial charge in [-0.05, 0) is 66.2 Å². The molecule has 1 aromatic carbocycles. The second kappa shape index (κ2) is 7.63. The van der Waals surface area contributed by atoms with E-state index in [0.29, 0.717) is 35.3 Å². The maximum atomic E-state index is 12.9. The molecule has 27 heavy (non-hydrogen) atoms. The van der Waals surface area contributed by atoms with Crippen molar-refractivity contribution in [1.29, 1.82) is 0 Å². The minimum atomic E-state index is -0.237. The fourth-order valence-electron chi connectivity index (χ4n) is 3.68. The molecule has 0 radical (unpaired) electrons. The van der Waals surface area contributed by atoms with Crippen LogP contribution in [0.25, 0.3) is 11.0 Å². The number of phenols is 2. The molecule has 0 aliphatic heterocycles. The second-order valence-electron chi connectivity index (χ2n) is 7.73. The molecule has 1 heterocycles. The van der Waals surface area contributed by atoms with E-state index in [1.54, 1.807) is 13.8 Å². The van der Waals surface area contributed by atoms with Gasteiger partial charge in [0.25, 0.3) is 0 Å². The lowest BCUT2D eigenvalue weighted by atomic mass is 9.96. The number of allylic oxidation sites excluding steroid dienone is 4. The number of hydrogen-bond acceptors (Lipinski definition) is 4. The highest BCUT2D eigenvalue weighted by Crippen LogP contribution is 2.40. The van der Waals surface area contributed by atoms with Crippen molar-refractivity contribution in [3.05, 3.63) is 56.0 Å². The van der Waals surface area contributed by atoms with Gasteiger partial charge in [0.1, 0.15) is 28.2 Å². The van der Waals surface area contributed by atoms with Crippen molar-refractivity contribution in [3.8, 4) is 11.5 Å². The Hall–Kier alpha value is -2.49. The summed E-state index contributed by atoms with van der Waals surface area (Å²) in [5.41, 5.74) is 3.96. The molecule has 4 heteroatoms. The Kier molecular flexibility index (Phi) is 5.45. The van der Waals surface area contributed by atoms with E-state index in [9.17, 15) is 15.0 Å². The van der Waals surface area contributed by atoms with Crippen LogP contribution in [0.1, 0.15) is 62.0 Å². The molecule has 2 aromatic rings. The van der Waals surface area contributed by atoms with Crippen LogP contribution >= 0.6 is 0 Å². The highest BCUT2D eigenvalue weighted by molar-refractivity contribution is 5.90. The highest BCUT2D eigenvalue weighted by atomic mass is 16.3. The zero-order valence-electron chi connectivity index (χ0n) is 16.6. The summed E-state index contributed by atoms with van der Waals surface area (Å²) in [5, 5.41) is 21.9. The van der Waals surface area contributed by atoms with Gasteiger partial charge in [-0.1, -0.05) is 23.3 Å². The van der Waals surface area contributed by atoms with Crippen LogP contribution in [0.3, 0.4) is 0 Å². The first-order valence-electron chi connectivity index (χ1n) is 9.62. The Labute approximate surface area is 159 Å². The van der Waals surface area contributed by atoms with Gasteiger partial charge in [0.2, 0.25) is 0 Å². The lowest BCUT2D eigenvalue weighted by Gasteiger charge is -2.15. The van der Waals surface area contributed by atoms with Crippen LogP contribution in [0.5, 0.6) is 11.5 Å². The average molecular weight is 368 g/mol. The van der Waals surface area contributed by atoms with E-state index < -0.39 is 0 Å². The number of benzene rings is 1. The van der Waals surface area contributed by atoms with Gasteiger partial charge >= 0.3 is 0 Å². The molecule has 4 nitrogen and oxygen atoms in total. The van der Waals surface area contributed by atoms with Crippen molar-refractivity contribution in [1.82, 2.24) is 0 Å². The summed E-state index contributed by atoms with van der Waals surface area (Å²) in [7, 11) is 0. The lowest BCUT2D eigenvalue weighted by molar-refractivity contribution is 0.437. The van der Waals surface area contributed by atoms with E-state index in [1.807, 2.05) is 19.9 Å². The zero-order chi connectivity index (χ0) is 19.7. The number of phenolic OH excluding ortho intramolecular Hbond substituents is 2. The van der Waals surface area contributed by atoms with E-state index in [1.165, 1.54) is 18.4 Å². The molecule has 0 atom stereocenters. The van der Waals surface area contributed by atoms with Crippen molar-refractivity contribution >= 4 is 11.0 Å². The van der Waals surface area contributed by atoms with Crippen molar-refractivity contribution in [2.45, 2.75) is 66.2 Å². The fraction of sp³-hybridized carbons (Fsp3) is 0.435. The largest absolute Gasteiger partial charge is 0.507 e. The van der Waals surface area contributed by atoms with Crippen LogP contribution in [-0.2, 0) is 12.8 Å². The molecule has 1 saturated carbocycles. The molecular weight excluding hydrogens is 340 g/mol. The van der Waals surface area contributed by atoms with Crippen LogP contribution in [0.15, 0.2) is 32.5 Å². The van der Waals surface area contributed by atoms with Crippen molar-refractivity contribution in [2.75, 3.05) is 0 Å². The van der Waals surface area contributed by atoms with Gasteiger partial charge in [-0.15, -0.1) is 0 Å². The molecule has 144 valence electrons. The molecule has 0 saturated heterocycles. The minimum absolute atomic E-state index is 0.0266. The third-order valence-corrected chi connectivity index (χ3v) is 5.50. The predicted octanol–water partition coefficient (Wildman–Crippen LogP) is 5.37. The Bertz CT molecular complexity index is 994. The Morgan fingerprint density at radius 1 is 1.04 bits per heavy atom. The van der Waals surface area contributed by atoms with Crippen LogP contribution < -0.4 is 5.43 Å². The monoisotopic (exact) mass is 368 g/mol. The first-order chi connectivity index (χ1) is 12.8. The van der Waals surface area contributed by atoms with Gasteiger partial charge < -0.3 is 14.6 Å². The number of hydrogen-bond donors (Lipinski definition) is 2. The maximum Gasteiger partial charge on any atom is 0.199 e. The lowest BCUT2D eigenvalue weighted by Crippen LogP contribution is -2.10. The van der Waals surface area contributed by atoms with E-state index >= 15 is 0 Å². The molecule has 3 rings (SSSR count). The SMILES string of the molecule is CC(C)=CCc1c(O)c(CC=C2CCCC2)c(O)c2c(=O)c(C)c(C)oc12. The third-order valence-electron chi connectivity index (χ3n) is 5.50.